The van der Waals surface area contributed by atoms with Gasteiger partial charge in [0.15, 0.2) is 0 Å². The van der Waals surface area contributed by atoms with E-state index < -0.39 is 24.9 Å². The number of halogens is 4. The van der Waals surface area contributed by atoms with E-state index in [4.69, 9.17) is 11.6 Å². The maximum atomic E-state index is 12.0. The van der Waals surface area contributed by atoms with Crippen LogP contribution in [0.1, 0.15) is 24.5 Å². The van der Waals surface area contributed by atoms with Gasteiger partial charge in [0.05, 0.1) is 6.42 Å². The van der Waals surface area contributed by atoms with Crippen molar-refractivity contribution in [1.29, 1.82) is 0 Å². The van der Waals surface area contributed by atoms with Crippen molar-refractivity contribution < 1.29 is 18.0 Å². The highest BCUT2D eigenvalue weighted by Gasteiger charge is 2.35. The summed E-state index contributed by atoms with van der Waals surface area (Å²) in [5.41, 5.74) is 0.771. The number of pyridine rings is 1. The molecule has 3 nitrogen and oxygen atoms in total. The maximum Gasteiger partial charge on any atom is 0.389 e. The smallest absolute Gasteiger partial charge is 0.341 e. The van der Waals surface area contributed by atoms with E-state index in [2.05, 4.69) is 4.98 Å². The maximum absolute atomic E-state index is 12.0. The van der Waals surface area contributed by atoms with Crippen molar-refractivity contribution in [3.05, 3.63) is 29.0 Å². The van der Waals surface area contributed by atoms with Crippen LogP contribution >= 0.6 is 11.6 Å². The van der Waals surface area contributed by atoms with Gasteiger partial charge < -0.3 is 4.90 Å². The Morgan fingerprint density at radius 1 is 1.47 bits per heavy atom. The Labute approximate surface area is 113 Å². The van der Waals surface area contributed by atoms with E-state index in [0.29, 0.717) is 18.1 Å². The van der Waals surface area contributed by atoms with Crippen LogP contribution in [0, 0.1) is 0 Å². The first-order valence-corrected chi connectivity index (χ1v) is 6.19. The second kappa shape index (κ2) is 5.36. The summed E-state index contributed by atoms with van der Waals surface area (Å²) >= 11 is 5.82. The molecule has 1 aromatic heterocycles. The molecule has 1 aliphatic rings. The van der Waals surface area contributed by atoms with E-state index in [1.54, 1.807) is 18.3 Å². The van der Waals surface area contributed by atoms with Crippen LogP contribution in [0.3, 0.4) is 0 Å². The molecule has 1 fully saturated rings. The highest BCUT2D eigenvalue weighted by atomic mass is 35.5. The molecule has 104 valence electrons. The molecule has 1 aromatic rings. The molecule has 19 heavy (non-hydrogen) atoms. The van der Waals surface area contributed by atoms with Crippen molar-refractivity contribution in [2.75, 3.05) is 13.1 Å². The fraction of sp³-hybridized carbons (Fsp3) is 0.500. The van der Waals surface area contributed by atoms with Gasteiger partial charge in [0, 0.05) is 42.3 Å². The lowest BCUT2D eigenvalue weighted by Crippen LogP contribution is -2.48. The lowest BCUT2D eigenvalue weighted by Gasteiger charge is -2.39. The topological polar surface area (TPSA) is 33.2 Å². The second-order valence-electron chi connectivity index (χ2n) is 4.51. The molecular formula is C12H12ClF3N2O. The van der Waals surface area contributed by atoms with Gasteiger partial charge in [0.1, 0.15) is 0 Å². The van der Waals surface area contributed by atoms with Crippen molar-refractivity contribution in [2.45, 2.75) is 24.9 Å². The van der Waals surface area contributed by atoms with Crippen LogP contribution in [0.4, 0.5) is 13.2 Å². The zero-order valence-corrected chi connectivity index (χ0v) is 10.7. The summed E-state index contributed by atoms with van der Waals surface area (Å²) in [6.45, 7) is 0.814. The Morgan fingerprint density at radius 2 is 2.16 bits per heavy atom. The van der Waals surface area contributed by atoms with Gasteiger partial charge in [-0.25, -0.2) is 0 Å². The number of hydrogen-bond acceptors (Lipinski definition) is 2. The monoisotopic (exact) mass is 292 g/mol. The number of carbonyl (C=O) groups excluding carboxylic acids is 1. The molecule has 0 saturated carbocycles. The standard InChI is InChI=1S/C12H12ClF3N2O/c13-9-2-4-17-10(5-9)8-6-18(7-8)11(19)1-3-12(14,15)16/h2,4-5,8H,1,3,6-7H2. The average molecular weight is 293 g/mol. The molecule has 0 unspecified atom stereocenters. The van der Waals surface area contributed by atoms with Crippen LogP contribution in [0.2, 0.25) is 5.02 Å². The number of aromatic nitrogens is 1. The third-order valence-corrected chi connectivity index (χ3v) is 3.25. The molecule has 0 aliphatic carbocycles. The predicted molar refractivity (Wildman–Crippen MR) is 63.9 cm³/mol. The number of nitrogens with zero attached hydrogens (tertiary/aromatic N) is 2. The van der Waals surface area contributed by atoms with Gasteiger partial charge in [-0.2, -0.15) is 13.2 Å². The normalized spacial score (nSPS) is 16.3. The highest BCUT2D eigenvalue weighted by molar-refractivity contribution is 6.30. The summed E-state index contributed by atoms with van der Waals surface area (Å²) in [6.07, 6.45) is -4.26. The van der Waals surface area contributed by atoms with Crippen molar-refractivity contribution in [3.8, 4) is 0 Å². The zero-order chi connectivity index (χ0) is 14.0. The summed E-state index contributed by atoms with van der Waals surface area (Å²) in [7, 11) is 0. The Bertz CT molecular complexity index is 472. The minimum atomic E-state index is -4.28. The molecule has 1 aliphatic heterocycles. The lowest BCUT2D eigenvalue weighted by atomic mass is 9.95. The van der Waals surface area contributed by atoms with Crippen molar-refractivity contribution in [2.24, 2.45) is 0 Å². The first kappa shape index (κ1) is 14.1. The zero-order valence-electron chi connectivity index (χ0n) is 9.95. The number of likely N-dealkylation sites (tertiary alicyclic amines) is 1. The van der Waals surface area contributed by atoms with Crippen LogP contribution in [0.25, 0.3) is 0 Å². The van der Waals surface area contributed by atoms with E-state index in [1.165, 1.54) is 4.90 Å². The Hall–Kier alpha value is -1.30. The summed E-state index contributed by atoms with van der Waals surface area (Å²) in [4.78, 5) is 17.0. The molecule has 2 heterocycles. The van der Waals surface area contributed by atoms with Gasteiger partial charge in [-0.1, -0.05) is 11.6 Å². The summed E-state index contributed by atoms with van der Waals surface area (Å²) in [6, 6.07) is 3.36. The average Bonchev–Trinajstić information content (AvgIpc) is 2.23. The largest absolute Gasteiger partial charge is 0.389 e. The van der Waals surface area contributed by atoms with Gasteiger partial charge >= 0.3 is 6.18 Å². The van der Waals surface area contributed by atoms with Crippen LogP contribution in [-0.4, -0.2) is 35.1 Å². The molecule has 2 rings (SSSR count). The number of rotatable bonds is 3. The number of alkyl halides is 3. The molecule has 7 heteroatoms. The number of amides is 1. The van der Waals surface area contributed by atoms with Crippen molar-refractivity contribution >= 4 is 17.5 Å². The Kier molecular flexibility index (Phi) is 3.99. The minimum Gasteiger partial charge on any atom is -0.341 e. The van der Waals surface area contributed by atoms with Crippen LogP contribution in [0.5, 0.6) is 0 Å². The quantitative estimate of drug-likeness (QED) is 0.858. The van der Waals surface area contributed by atoms with Gasteiger partial charge in [-0.15, -0.1) is 0 Å². The summed E-state index contributed by atoms with van der Waals surface area (Å²) in [5, 5.41) is 0.562. The lowest BCUT2D eigenvalue weighted by molar-refractivity contribution is -0.151. The van der Waals surface area contributed by atoms with E-state index in [1.807, 2.05) is 0 Å². The van der Waals surface area contributed by atoms with Crippen LogP contribution in [-0.2, 0) is 4.79 Å². The number of carbonyl (C=O) groups is 1. The van der Waals surface area contributed by atoms with Crippen molar-refractivity contribution in [3.63, 3.8) is 0 Å². The Morgan fingerprint density at radius 3 is 2.74 bits per heavy atom. The summed E-state index contributed by atoms with van der Waals surface area (Å²) < 4.78 is 36.0. The second-order valence-corrected chi connectivity index (χ2v) is 4.95. The predicted octanol–water partition coefficient (Wildman–Crippen LogP) is 3.00. The molecule has 0 bridgehead atoms. The minimum absolute atomic E-state index is 0.0635. The third kappa shape index (κ3) is 3.83. The van der Waals surface area contributed by atoms with Gasteiger partial charge in [0.2, 0.25) is 5.91 Å². The molecule has 0 N–H and O–H groups in total. The molecule has 0 aromatic carbocycles. The molecular weight excluding hydrogens is 281 g/mol. The van der Waals surface area contributed by atoms with E-state index >= 15 is 0 Å². The van der Waals surface area contributed by atoms with E-state index in [9.17, 15) is 18.0 Å². The fourth-order valence-electron chi connectivity index (χ4n) is 1.92. The van der Waals surface area contributed by atoms with E-state index in [0.717, 1.165) is 5.69 Å². The summed E-state index contributed by atoms with van der Waals surface area (Å²) in [5.74, 6) is -0.399. The Balaban J connectivity index is 1.81. The van der Waals surface area contributed by atoms with Gasteiger partial charge in [-0.3, -0.25) is 9.78 Å². The molecule has 0 radical (unpaired) electrons. The first-order valence-electron chi connectivity index (χ1n) is 5.81. The third-order valence-electron chi connectivity index (χ3n) is 3.02. The molecule has 0 atom stereocenters. The first-order chi connectivity index (χ1) is 8.85. The van der Waals surface area contributed by atoms with Crippen LogP contribution < -0.4 is 0 Å². The molecule has 1 amide bonds. The van der Waals surface area contributed by atoms with E-state index in [-0.39, 0.29) is 5.92 Å². The molecule has 0 spiro atoms. The number of hydrogen-bond donors (Lipinski definition) is 0. The van der Waals surface area contributed by atoms with Gasteiger partial charge in [-0.05, 0) is 12.1 Å². The fourth-order valence-corrected chi connectivity index (χ4v) is 2.09. The van der Waals surface area contributed by atoms with Crippen LogP contribution in [0.15, 0.2) is 18.3 Å². The highest BCUT2D eigenvalue weighted by Crippen LogP contribution is 2.29. The van der Waals surface area contributed by atoms with Crippen molar-refractivity contribution in [1.82, 2.24) is 9.88 Å². The molecule has 1 saturated heterocycles. The SMILES string of the molecule is O=C(CCC(F)(F)F)N1CC(c2cc(Cl)ccn2)C1. The van der Waals surface area contributed by atoms with Gasteiger partial charge in [0.25, 0.3) is 0 Å².